The number of hydrogen-bond donors (Lipinski definition) is 3. The van der Waals surface area contributed by atoms with Crippen LogP contribution in [0.5, 0.6) is 0 Å². The lowest BCUT2D eigenvalue weighted by Crippen LogP contribution is -2.24. The zero-order valence-corrected chi connectivity index (χ0v) is 24.4. The van der Waals surface area contributed by atoms with Gasteiger partial charge in [0.1, 0.15) is 17.5 Å². The van der Waals surface area contributed by atoms with Crippen molar-refractivity contribution >= 4 is 28.7 Å². The fraction of sp³-hybridized carbons (Fsp3) is 0.226. The highest BCUT2D eigenvalue weighted by Crippen LogP contribution is 2.32. The zero-order valence-electron chi connectivity index (χ0n) is 24.4. The number of carbonyl (C=O) groups is 2. The summed E-state index contributed by atoms with van der Waals surface area (Å²) < 4.78 is 34.1. The molecule has 3 aromatic heterocycles. The third-order valence-corrected chi connectivity index (χ3v) is 6.17. The van der Waals surface area contributed by atoms with Crippen LogP contribution >= 0.6 is 0 Å². The third-order valence-electron chi connectivity index (χ3n) is 6.17. The van der Waals surface area contributed by atoms with Gasteiger partial charge in [-0.3, -0.25) is 9.59 Å². The number of aromatic nitrogens is 5. The summed E-state index contributed by atoms with van der Waals surface area (Å²) in [6.07, 6.45) is 2.61. The largest absolute Gasteiger partial charge is 0.344 e. The Morgan fingerprint density at radius 1 is 1.05 bits per heavy atom. The average molecular weight is 588 g/mol. The van der Waals surface area contributed by atoms with Crippen LogP contribution < -0.4 is 10.6 Å². The van der Waals surface area contributed by atoms with E-state index in [1.165, 1.54) is 30.5 Å². The Balaban J connectivity index is 0.00000207. The van der Waals surface area contributed by atoms with Gasteiger partial charge in [-0.2, -0.15) is 4.98 Å². The van der Waals surface area contributed by atoms with Gasteiger partial charge in [0.05, 0.1) is 11.2 Å². The van der Waals surface area contributed by atoms with E-state index in [0.29, 0.717) is 39.5 Å². The molecule has 0 aliphatic heterocycles. The molecule has 0 saturated carbocycles. The number of fused-ring (bicyclic) bond motifs is 1. The topological polar surface area (TPSA) is 139 Å². The number of rotatable bonds is 7. The molecule has 0 atom stereocenters. The Kier molecular flexibility index (Phi) is 9.08. The molecule has 0 fully saturated rings. The number of pyridine rings is 1. The van der Waals surface area contributed by atoms with E-state index in [1.807, 2.05) is 34.6 Å². The minimum Gasteiger partial charge on any atom is -0.344 e. The van der Waals surface area contributed by atoms with Gasteiger partial charge in [0.15, 0.2) is 11.5 Å². The molecule has 43 heavy (non-hydrogen) atoms. The molecule has 5 aromatic rings. The number of imidazole rings is 1. The molecule has 222 valence electrons. The maximum absolute atomic E-state index is 15.1. The van der Waals surface area contributed by atoms with E-state index in [2.05, 4.69) is 42.3 Å². The average Bonchev–Trinajstić information content (AvgIpc) is 3.66. The second kappa shape index (κ2) is 12.7. The van der Waals surface area contributed by atoms with Crippen LogP contribution in [0.3, 0.4) is 0 Å². The van der Waals surface area contributed by atoms with Gasteiger partial charge in [0, 0.05) is 34.8 Å². The Bertz CT molecular complexity index is 1800. The molecular formula is C31H31F2N7O3. The second-order valence-corrected chi connectivity index (χ2v) is 10.2. The molecule has 0 bridgehead atoms. The van der Waals surface area contributed by atoms with Gasteiger partial charge in [0.2, 0.25) is 5.91 Å². The lowest BCUT2D eigenvalue weighted by atomic mass is 9.96. The van der Waals surface area contributed by atoms with Crippen LogP contribution in [0.1, 0.15) is 56.7 Å². The van der Waals surface area contributed by atoms with Crippen molar-refractivity contribution in [2.45, 2.75) is 46.6 Å². The van der Waals surface area contributed by atoms with Crippen molar-refractivity contribution in [3.63, 3.8) is 0 Å². The SMILES string of the molecule is C=CC(=O)Nc1cc(F)ccc1-c1nc2nccc(-c3ccc(CNC(=O)c4nc(C(C)(C)C)no4)c(F)c3)c2[nH]1.CC. The Labute approximate surface area is 246 Å². The number of benzene rings is 2. The third kappa shape index (κ3) is 6.80. The standard InChI is InChI=1S/C29H25F2N7O3.C2H6/c1-5-22(39)34-21-13-17(30)8-9-19(21)24-35-23-18(10-11-32-25(23)36-24)15-6-7-16(20(31)12-15)14-33-26(40)27-37-28(38-41-27)29(2,3)4;1-2/h5-13H,1,14H2,2-4H3,(H,33,40)(H,34,39)(H,32,35,36);1-2H3. The lowest BCUT2D eigenvalue weighted by Gasteiger charge is -2.10. The molecule has 0 saturated heterocycles. The summed E-state index contributed by atoms with van der Waals surface area (Å²) in [7, 11) is 0. The molecule has 12 heteroatoms. The molecule has 5 rings (SSSR count). The first-order chi connectivity index (χ1) is 20.5. The van der Waals surface area contributed by atoms with Crippen LogP contribution in [-0.4, -0.2) is 36.9 Å². The van der Waals surface area contributed by atoms with Gasteiger partial charge in [-0.1, -0.05) is 58.5 Å². The van der Waals surface area contributed by atoms with Gasteiger partial charge >= 0.3 is 11.8 Å². The highest BCUT2D eigenvalue weighted by atomic mass is 19.1. The molecule has 0 aliphatic rings. The van der Waals surface area contributed by atoms with Gasteiger partial charge in [-0.25, -0.2) is 18.7 Å². The Morgan fingerprint density at radius 2 is 1.81 bits per heavy atom. The number of aromatic amines is 1. The van der Waals surface area contributed by atoms with E-state index in [4.69, 9.17) is 4.52 Å². The van der Waals surface area contributed by atoms with E-state index in [0.717, 1.165) is 6.08 Å². The smallest absolute Gasteiger partial charge is 0.315 e. The van der Waals surface area contributed by atoms with Crippen molar-refractivity contribution in [1.29, 1.82) is 0 Å². The predicted octanol–water partition coefficient (Wildman–Crippen LogP) is 6.33. The molecule has 0 unspecified atom stereocenters. The number of nitrogens with zero attached hydrogens (tertiary/aromatic N) is 4. The number of halogens is 2. The van der Waals surface area contributed by atoms with Crippen molar-refractivity contribution in [2.75, 3.05) is 5.32 Å². The highest BCUT2D eigenvalue weighted by Gasteiger charge is 2.24. The minimum atomic E-state index is -0.609. The van der Waals surface area contributed by atoms with Gasteiger partial charge in [-0.05, 0) is 42.0 Å². The number of amides is 2. The monoisotopic (exact) mass is 587 g/mol. The summed E-state index contributed by atoms with van der Waals surface area (Å²) in [4.78, 5) is 40.4. The first-order valence-electron chi connectivity index (χ1n) is 13.5. The molecule has 3 heterocycles. The van der Waals surface area contributed by atoms with Crippen LogP contribution in [0.2, 0.25) is 0 Å². The van der Waals surface area contributed by atoms with Crippen molar-refractivity contribution in [2.24, 2.45) is 0 Å². The van der Waals surface area contributed by atoms with Gasteiger partial charge in [-0.15, -0.1) is 0 Å². The predicted molar refractivity (Wildman–Crippen MR) is 159 cm³/mol. The molecule has 0 radical (unpaired) electrons. The first-order valence-corrected chi connectivity index (χ1v) is 13.5. The number of anilines is 1. The second-order valence-electron chi connectivity index (χ2n) is 10.2. The summed E-state index contributed by atoms with van der Waals surface area (Å²) in [6, 6.07) is 10.2. The molecule has 2 amide bonds. The lowest BCUT2D eigenvalue weighted by molar-refractivity contribution is -0.111. The van der Waals surface area contributed by atoms with Crippen LogP contribution in [-0.2, 0) is 16.8 Å². The summed E-state index contributed by atoms with van der Waals surface area (Å²) in [6.45, 7) is 13.0. The van der Waals surface area contributed by atoms with E-state index < -0.39 is 23.4 Å². The zero-order chi connectivity index (χ0) is 31.3. The fourth-order valence-electron chi connectivity index (χ4n) is 4.02. The van der Waals surface area contributed by atoms with Crippen molar-refractivity contribution < 1.29 is 22.9 Å². The molecule has 0 aliphatic carbocycles. The fourth-order valence-corrected chi connectivity index (χ4v) is 4.02. The van der Waals surface area contributed by atoms with Crippen LogP contribution in [0.25, 0.3) is 33.7 Å². The first kappa shape index (κ1) is 30.7. The van der Waals surface area contributed by atoms with Crippen molar-refractivity contribution in [3.8, 4) is 22.5 Å². The number of H-pyrrole nitrogens is 1. The van der Waals surface area contributed by atoms with E-state index in [-0.39, 0.29) is 29.1 Å². The van der Waals surface area contributed by atoms with Crippen LogP contribution in [0.15, 0.2) is 65.8 Å². The quantitative estimate of drug-likeness (QED) is 0.189. The van der Waals surface area contributed by atoms with Crippen LogP contribution in [0.4, 0.5) is 14.5 Å². The molecular weight excluding hydrogens is 556 g/mol. The molecule has 2 aromatic carbocycles. The molecule has 3 N–H and O–H groups in total. The van der Waals surface area contributed by atoms with Gasteiger partial charge < -0.3 is 20.1 Å². The summed E-state index contributed by atoms with van der Waals surface area (Å²) >= 11 is 0. The number of nitrogens with one attached hydrogen (secondary N) is 3. The maximum atomic E-state index is 15.1. The van der Waals surface area contributed by atoms with Crippen LogP contribution in [0, 0.1) is 11.6 Å². The summed E-state index contributed by atoms with van der Waals surface area (Å²) in [5.41, 5.74) is 2.49. The van der Waals surface area contributed by atoms with E-state index in [9.17, 15) is 14.0 Å². The molecule has 0 spiro atoms. The summed E-state index contributed by atoms with van der Waals surface area (Å²) in [5, 5.41) is 8.99. The van der Waals surface area contributed by atoms with Gasteiger partial charge in [0.25, 0.3) is 0 Å². The Morgan fingerprint density at radius 3 is 2.49 bits per heavy atom. The van der Waals surface area contributed by atoms with Crippen molar-refractivity contribution in [3.05, 3.63) is 90.2 Å². The maximum Gasteiger partial charge on any atom is 0.315 e. The summed E-state index contributed by atoms with van der Waals surface area (Å²) in [5.74, 6) is -1.68. The van der Waals surface area contributed by atoms with E-state index in [1.54, 1.807) is 18.2 Å². The molecule has 10 nitrogen and oxygen atoms in total. The van der Waals surface area contributed by atoms with E-state index >= 15 is 4.39 Å². The Hall–Kier alpha value is -5.26. The minimum absolute atomic E-state index is 0.0953. The van der Waals surface area contributed by atoms with Crippen molar-refractivity contribution in [1.82, 2.24) is 30.4 Å². The number of carbonyl (C=O) groups excluding carboxylic acids is 2. The number of hydrogen-bond acceptors (Lipinski definition) is 7. The highest BCUT2D eigenvalue weighted by molar-refractivity contribution is 6.02. The normalized spacial score (nSPS) is 11.0.